The van der Waals surface area contributed by atoms with Crippen LogP contribution in [0.4, 0.5) is 5.69 Å². The fourth-order valence-electron chi connectivity index (χ4n) is 1.86. The van der Waals surface area contributed by atoms with Gasteiger partial charge in [-0.15, -0.1) is 0 Å². The molecule has 0 bridgehead atoms. The van der Waals surface area contributed by atoms with Gasteiger partial charge in [-0.25, -0.2) is 0 Å². The van der Waals surface area contributed by atoms with Crippen LogP contribution in [0.3, 0.4) is 0 Å². The lowest BCUT2D eigenvalue weighted by Gasteiger charge is -2.05. The monoisotopic (exact) mass is 239 g/mol. The SMILES string of the molecule is Cn1c(Oc2ccc(N)cc2)nc2ccccc21. The standard InChI is InChI=1S/C14H13N3O/c1-17-13-5-3-2-4-12(13)16-14(17)18-11-8-6-10(15)7-9-11/h2-9H,15H2,1H3. The molecule has 0 saturated carbocycles. The summed E-state index contributed by atoms with van der Waals surface area (Å²) < 4.78 is 7.67. The number of anilines is 1. The van der Waals surface area contributed by atoms with Crippen molar-refractivity contribution in [1.82, 2.24) is 9.55 Å². The van der Waals surface area contributed by atoms with Crippen molar-refractivity contribution in [2.45, 2.75) is 0 Å². The van der Waals surface area contributed by atoms with Crippen LogP contribution < -0.4 is 10.5 Å². The maximum absolute atomic E-state index is 5.75. The van der Waals surface area contributed by atoms with Gasteiger partial charge in [-0.2, -0.15) is 4.98 Å². The van der Waals surface area contributed by atoms with Gasteiger partial charge in [0.2, 0.25) is 0 Å². The first-order valence-corrected chi connectivity index (χ1v) is 5.69. The summed E-state index contributed by atoms with van der Waals surface area (Å²) in [7, 11) is 1.93. The second-order valence-electron chi connectivity index (χ2n) is 4.11. The fraction of sp³-hybridized carbons (Fsp3) is 0.0714. The average Bonchev–Trinajstić information content (AvgIpc) is 2.70. The van der Waals surface area contributed by atoms with E-state index in [1.165, 1.54) is 0 Å². The molecular formula is C14H13N3O. The number of rotatable bonds is 2. The van der Waals surface area contributed by atoms with Crippen LogP contribution in [0.25, 0.3) is 11.0 Å². The molecule has 0 spiro atoms. The summed E-state index contributed by atoms with van der Waals surface area (Å²) in [5, 5.41) is 0. The number of imidazole rings is 1. The van der Waals surface area contributed by atoms with E-state index in [1.807, 2.05) is 48.0 Å². The lowest BCUT2D eigenvalue weighted by molar-refractivity contribution is 0.428. The zero-order valence-corrected chi connectivity index (χ0v) is 10.00. The second kappa shape index (κ2) is 4.07. The maximum Gasteiger partial charge on any atom is 0.302 e. The van der Waals surface area contributed by atoms with Crippen LogP contribution in [0.2, 0.25) is 0 Å². The second-order valence-corrected chi connectivity index (χ2v) is 4.11. The van der Waals surface area contributed by atoms with Crippen LogP contribution in [-0.4, -0.2) is 9.55 Å². The van der Waals surface area contributed by atoms with Crippen molar-refractivity contribution in [3.8, 4) is 11.8 Å². The number of ether oxygens (including phenoxy) is 1. The number of nitrogen functional groups attached to an aromatic ring is 1. The van der Waals surface area contributed by atoms with Gasteiger partial charge in [-0.3, -0.25) is 4.57 Å². The number of nitrogens with zero attached hydrogens (tertiary/aromatic N) is 2. The summed E-state index contributed by atoms with van der Waals surface area (Å²) in [6, 6.07) is 15.8. The smallest absolute Gasteiger partial charge is 0.302 e. The normalized spacial score (nSPS) is 10.7. The van der Waals surface area contributed by atoms with Crippen molar-refractivity contribution in [3.05, 3.63) is 48.5 Å². The molecule has 3 rings (SSSR count). The van der Waals surface area contributed by atoms with E-state index in [9.17, 15) is 0 Å². The Balaban J connectivity index is 1.99. The van der Waals surface area contributed by atoms with E-state index in [-0.39, 0.29) is 0 Å². The van der Waals surface area contributed by atoms with Gasteiger partial charge in [0.05, 0.1) is 11.0 Å². The molecule has 0 unspecified atom stereocenters. The van der Waals surface area contributed by atoms with Gasteiger partial charge in [0.25, 0.3) is 0 Å². The molecule has 90 valence electrons. The Kier molecular flexibility index (Phi) is 2.41. The lowest BCUT2D eigenvalue weighted by Crippen LogP contribution is -1.94. The number of hydrogen-bond donors (Lipinski definition) is 1. The van der Waals surface area contributed by atoms with Crippen molar-refractivity contribution in [2.75, 3.05) is 5.73 Å². The van der Waals surface area contributed by atoms with Gasteiger partial charge in [0, 0.05) is 12.7 Å². The van der Waals surface area contributed by atoms with Gasteiger partial charge >= 0.3 is 6.01 Å². The molecule has 4 nitrogen and oxygen atoms in total. The largest absolute Gasteiger partial charge is 0.425 e. The van der Waals surface area contributed by atoms with Crippen molar-refractivity contribution in [3.63, 3.8) is 0 Å². The fourth-order valence-corrected chi connectivity index (χ4v) is 1.86. The Bertz CT molecular complexity index is 686. The minimum Gasteiger partial charge on any atom is -0.425 e. The summed E-state index contributed by atoms with van der Waals surface area (Å²) in [5.74, 6) is 0.725. The molecule has 0 fully saturated rings. The van der Waals surface area contributed by atoms with Crippen molar-refractivity contribution >= 4 is 16.7 Å². The van der Waals surface area contributed by atoms with E-state index in [0.29, 0.717) is 11.7 Å². The minimum atomic E-state index is 0.570. The molecule has 18 heavy (non-hydrogen) atoms. The molecule has 0 radical (unpaired) electrons. The predicted octanol–water partition coefficient (Wildman–Crippen LogP) is 2.95. The highest BCUT2D eigenvalue weighted by Gasteiger charge is 2.08. The average molecular weight is 239 g/mol. The lowest BCUT2D eigenvalue weighted by atomic mass is 10.3. The third-order valence-electron chi connectivity index (χ3n) is 2.84. The van der Waals surface area contributed by atoms with Crippen LogP contribution in [0, 0.1) is 0 Å². The van der Waals surface area contributed by atoms with Gasteiger partial charge in [0.1, 0.15) is 5.75 Å². The maximum atomic E-state index is 5.75. The zero-order chi connectivity index (χ0) is 12.5. The number of benzene rings is 2. The van der Waals surface area contributed by atoms with Crippen molar-refractivity contribution < 1.29 is 4.74 Å². The molecule has 0 aliphatic rings. The Labute approximate surface area is 105 Å². The van der Waals surface area contributed by atoms with E-state index in [1.54, 1.807) is 12.1 Å². The molecule has 2 aromatic carbocycles. The van der Waals surface area contributed by atoms with Crippen LogP contribution in [0.15, 0.2) is 48.5 Å². The van der Waals surface area contributed by atoms with Gasteiger partial charge < -0.3 is 10.5 Å². The topological polar surface area (TPSA) is 53.1 Å². The first kappa shape index (κ1) is 10.7. The highest BCUT2D eigenvalue weighted by Crippen LogP contribution is 2.25. The number of nitrogens with two attached hydrogens (primary N) is 1. The summed E-state index contributed by atoms with van der Waals surface area (Å²) in [4.78, 5) is 4.44. The van der Waals surface area contributed by atoms with Gasteiger partial charge in [-0.05, 0) is 36.4 Å². The van der Waals surface area contributed by atoms with E-state index >= 15 is 0 Å². The zero-order valence-electron chi connectivity index (χ0n) is 10.00. The van der Waals surface area contributed by atoms with Crippen molar-refractivity contribution in [1.29, 1.82) is 0 Å². The summed E-state index contributed by atoms with van der Waals surface area (Å²) in [5.41, 5.74) is 8.32. The van der Waals surface area contributed by atoms with Crippen LogP contribution >= 0.6 is 0 Å². The van der Waals surface area contributed by atoms with E-state index in [2.05, 4.69) is 4.98 Å². The van der Waals surface area contributed by atoms with E-state index in [0.717, 1.165) is 16.8 Å². The molecular weight excluding hydrogens is 226 g/mol. The summed E-state index contributed by atoms with van der Waals surface area (Å²) in [6.45, 7) is 0. The number of aryl methyl sites for hydroxylation is 1. The predicted molar refractivity (Wildman–Crippen MR) is 71.6 cm³/mol. The highest BCUT2D eigenvalue weighted by atomic mass is 16.5. The molecule has 2 N–H and O–H groups in total. The Morgan fingerprint density at radius 3 is 2.50 bits per heavy atom. The molecule has 0 aliphatic carbocycles. The molecule has 0 aliphatic heterocycles. The molecule has 0 saturated heterocycles. The summed E-state index contributed by atoms with van der Waals surface area (Å²) >= 11 is 0. The molecule has 1 aromatic heterocycles. The molecule has 4 heteroatoms. The van der Waals surface area contributed by atoms with Crippen LogP contribution in [-0.2, 0) is 7.05 Å². The Hall–Kier alpha value is -2.49. The molecule has 0 amide bonds. The highest BCUT2D eigenvalue weighted by molar-refractivity contribution is 5.76. The summed E-state index contributed by atoms with van der Waals surface area (Å²) in [6.07, 6.45) is 0. The van der Waals surface area contributed by atoms with Crippen LogP contribution in [0.1, 0.15) is 0 Å². The number of hydrogen-bond acceptors (Lipinski definition) is 3. The third-order valence-corrected chi connectivity index (χ3v) is 2.84. The quantitative estimate of drug-likeness (QED) is 0.699. The third kappa shape index (κ3) is 1.78. The Morgan fingerprint density at radius 2 is 1.78 bits per heavy atom. The molecule has 1 heterocycles. The van der Waals surface area contributed by atoms with E-state index < -0.39 is 0 Å². The molecule has 0 atom stereocenters. The number of fused-ring (bicyclic) bond motifs is 1. The first-order valence-electron chi connectivity index (χ1n) is 5.69. The Morgan fingerprint density at radius 1 is 1.06 bits per heavy atom. The number of para-hydroxylation sites is 2. The van der Waals surface area contributed by atoms with Gasteiger partial charge in [-0.1, -0.05) is 12.1 Å². The first-order chi connectivity index (χ1) is 8.74. The van der Waals surface area contributed by atoms with Crippen LogP contribution in [0.5, 0.6) is 11.8 Å². The number of aromatic nitrogens is 2. The van der Waals surface area contributed by atoms with Crippen molar-refractivity contribution in [2.24, 2.45) is 7.05 Å². The van der Waals surface area contributed by atoms with Gasteiger partial charge in [0.15, 0.2) is 0 Å². The minimum absolute atomic E-state index is 0.570. The molecule has 3 aromatic rings. The van der Waals surface area contributed by atoms with E-state index in [4.69, 9.17) is 10.5 Å².